The molecule has 0 saturated carbocycles. The highest BCUT2D eigenvalue weighted by atomic mass is 35.5. The summed E-state index contributed by atoms with van der Waals surface area (Å²) in [5.74, 6) is 1.19. The second-order valence-electron chi connectivity index (χ2n) is 4.60. The van der Waals surface area contributed by atoms with Crippen LogP contribution in [0.1, 0.15) is 18.2 Å². The van der Waals surface area contributed by atoms with E-state index < -0.39 is 0 Å². The smallest absolute Gasteiger partial charge is 0.180 e. The lowest BCUT2D eigenvalue weighted by atomic mass is 10.2. The van der Waals surface area contributed by atoms with E-state index in [1.54, 1.807) is 19.6 Å². The normalized spacial score (nSPS) is 10.7. The lowest BCUT2D eigenvalue weighted by molar-refractivity contribution is 0.276. The summed E-state index contributed by atoms with van der Waals surface area (Å²) in [6.45, 7) is 4.03. The van der Waals surface area contributed by atoms with Crippen molar-refractivity contribution in [1.29, 1.82) is 0 Å². The predicted octanol–water partition coefficient (Wildman–Crippen LogP) is 2.86. The van der Waals surface area contributed by atoms with E-state index in [4.69, 9.17) is 21.1 Å². The molecule has 0 spiro atoms. The molecule has 5 nitrogen and oxygen atoms in total. The molecule has 0 bridgehead atoms. The van der Waals surface area contributed by atoms with Crippen LogP contribution in [-0.2, 0) is 19.7 Å². The third-order valence-corrected chi connectivity index (χ3v) is 3.45. The van der Waals surface area contributed by atoms with Crippen molar-refractivity contribution in [2.75, 3.05) is 14.2 Å². The maximum atomic E-state index is 6.31. The number of rotatable bonds is 7. The molecule has 0 unspecified atom stereocenters. The summed E-state index contributed by atoms with van der Waals surface area (Å²) in [4.78, 5) is 4.12. The lowest BCUT2D eigenvalue weighted by Crippen LogP contribution is -2.07. The molecule has 0 radical (unpaired) electrons. The second kappa shape index (κ2) is 7.33. The molecule has 1 heterocycles. The number of nitrogens with one attached hydrogen (secondary N) is 1. The SMILES string of the molecule is CCn1cncc1COc1c(Cl)cc(CNC)cc1OC. The Labute approximate surface area is 129 Å². The van der Waals surface area contributed by atoms with E-state index in [9.17, 15) is 0 Å². The number of ether oxygens (including phenoxy) is 2. The summed E-state index contributed by atoms with van der Waals surface area (Å²) < 4.78 is 13.2. The predicted molar refractivity (Wildman–Crippen MR) is 83.0 cm³/mol. The Kier molecular flexibility index (Phi) is 5.47. The minimum absolute atomic E-state index is 0.398. The van der Waals surface area contributed by atoms with Gasteiger partial charge in [0.1, 0.15) is 6.61 Å². The van der Waals surface area contributed by atoms with E-state index >= 15 is 0 Å². The summed E-state index contributed by atoms with van der Waals surface area (Å²) in [7, 11) is 3.49. The van der Waals surface area contributed by atoms with Crippen LogP contribution < -0.4 is 14.8 Å². The molecule has 0 atom stereocenters. The Hall–Kier alpha value is -1.72. The minimum Gasteiger partial charge on any atom is -0.493 e. The van der Waals surface area contributed by atoms with Crippen molar-refractivity contribution in [2.24, 2.45) is 0 Å². The van der Waals surface area contributed by atoms with Crippen molar-refractivity contribution >= 4 is 11.6 Å². The summed E-state index contributed by atoms with van der Waals surface area (Å²) in [5, 5.41) is 3.63. The quantitative estimate of drug-likeness (QED) is 0.854. The van der Waals surface area contributed by atoms with Gasteiger partial charge in [0, 0.05) is 13.1 Å². The first kappa shape index (κ1) is 15.7. The molecule has 1 N–H and O–H groups in total. The number of halogens is 1. The van der Waals surface area contributed by atoms with Crippen molar-refractivity contribution in [3.8, 4) is 11.5 Å². The highest BCUT2D eigenvalue weighted by Gasteiger charge is 2.13. The number of nitrogens with zero attached hydrogens (tertiary/aromatic N) is 2. The first-order valence-electron chi connectivity index (χ1n) is 6.82. The summed E-state index contributed by atoms with van der Waals surface area (Å²) in [5.41, 5.74) is 2.04. The van der Waals surface area contributed by atoms with Crippen LogP contribution in [0.25, 0.3) is 0 Å². The molecule has 2 rings (SSSR count). The van der Waals surface area contributed by atoms with Gasteiger partial charge >= 0.3 is 0 Å². The third-order valence-electron chi connectivity index (χ3n) is 3.17. The van der Waals surface area contributed by atoms with Crippen molar-refractivity contribution in [3.05, 3.63) is 40.9 Å². The Bertz CT molecular complexity index is 599. The van der Waals surface area contributed by atoms with Gasteiger partial charge in [-0.3, -0.25) is 0 Å². The molecule has 0 saturated heterocycles. The van der Waals surface area contributed by atoms with Crippen molar-refractivity contribution < 1.29 is 9.47 Å². The second-order valence-corrected chi connectivity index (χ2v) is 5.01. The van der Waals surface area contributed by atoms with Gasteiger partial charge in [0.15, 0.2) is 11.5 Å². The van der Waals surface area contributed by atoms with Gasteiger partial charge in [0.2, 0.25) is 0 Å². The minimum atomic E-state index is 0.398. The van der Waals surface area contributed by atoms with E-state index in [2.05, 4.69) is 17.2 Å². The third kappa shape index (κ3) is 3.68. The molecule has 2 aromatic rings. The highest BCUT2D eigenvalue weighted by molar-refractivity contribution is 6.32. The van der Waals surface area contributed by atoms with E-state index in [0.717, 1.165) is 24.3 Å². The van der Waals surface area contributed by atoms with E-state index in [1.807, 2.05) is 23.7 Å². The van der Waals surface area contributed by atoms with Gasteiger partial charge < -0.3 is 19.4 Å². The first-order chi connectivity index (χ1) is 10.2. The molecule has 0 amide bonds. The molecule has 0 fully saturated rings. The molecule has 0 aliphatic heterocycles. The maximum Gasteiger partial charge on any atom is 0.180 e. The molecule has 1 aromatic carbocycles. The van der Waals surface area contributed by atoms with Crippen LogP contribution in [0.15, 0.2) is 24.7 Å². The number of aromatic nitrogens is 2. The van der Waals surface area contributed by atoms with Gasteiger partial charge in [-0.15, -0.1) is 0 Å². The monoisotopic (exact) mass is 309 g/mol. The van der Waals surface area contributed by atoms with E-state index in [0.29, 0.717) is 23.1 Å². The molecule has 1 aromatic heterocycles. The highest BCUT2D eigenvalue weighted by Crippen LogP contribution is 2.36. The topological polar surface area (TPSA) is 48.3 Å². The molecule has 114 valence electrons. The molecule has 21 heavy (non-hydrogen) atoms. The zero-order chi connectivity index (χ0) is 15.2. The average Bonchev–Trinajstić information content (AvgIpc) is 2.93. The van der Waals surface area contributed by atoms with Crippen LogP contribution in [0.5, 0.6) is 11.5 Å². The molecule has 0 aliphatic rings. The van der Waals surface area contributed by atoms with E-state index in [1.165, 1.54) is 0 Å². The van der Waals surface area contributed by atoms with Crippen LogP contribution in [0.3, 0.4) is 0 Å². The zero-order valence-electron chi connectivity index (χ0n) is 12.5. The number of methoxy groups -OCH3 is 1. The van der Waals surface area contributed by atoms with Gasteiger partial charge in [0.25, 0.3) is 0 Å². The van der Waals surface area contributed by atoms with Crippen LogP contribution in [0.4, 0.5) is 0 Å². The molecule has 6 heteroatoms. The van der Waals surface area contributed by atoms with Gasteiger partial charge in [-0.05, 0) is 31.7 Å². The summed E-state index contributed by atoms with van der Waals surface area (Å²) in [6, 6.07) is 3.81. The standard InChI is InChI=1S/C15H20ClN3O2/c1-4-19-10-18-8-12(19)9-21-15-13(16)5-11(7-17-2)6-14(15)20-3/h5-6,8,10,17H,4,7,9H2,1-3H3. The summed E-state index contributed by atoms with van der Waals surface area (Å²) >= 11 is 6.31. The van der Waals surface area contributed by atoms with Crippen LogP contribution >= 0.6 is 11.6 Å². The van der Waals surface area contributed by atoms with Gasteiger partial charge in [-0.1, -0.05) is 11.6 Å². The fraction of sp³-hybridized carbons (Fsp3) is 0.400. The zero-order valence-corrected chi connectivity index (χ0v) is 13.3. The van der Waals surface area contributed by atoms with Gasteiger partial charge in [-0.25, -0.2) is 4.98 Å². The van der Waals surface area contributed by atoms with E-state index in [-0.39, 0.29) is 0 Å². The average molecular weight is 310 g/mol. The molecule has 0 aliphatic carbocycles. The fourth-order valence-electron chi connectivity index (χ4n) is 2.12. The Morgan fingerprint density at radius 2 is 2.19 bits per heavy atom. The Balaban J connectivity index is 2.19. The first-order valence-corrected chi connectivity index (χ1v) is 7.20. The molecular weight excluding hydrogens is 290 g/mol. The molecular formula is C15H20ClN3O2. The van der Waals surface area contributed by atoms with Crippen molar-refractivity contribution in [1.82, 2.24) is 14.9 Å². The number of hydrogen-bond donors (Lipinski definition) is 1. The summed E-state index contributed by atoms with van der Waals surface area (Å²) in [6.07, 6.45) is 3.58. The maximum absolute atomic E-state index is 6.31. The largest absolute Gasteiger partial charge is 0.493 e. The number of hydrogen-bond acceptors (Lipinski definition) is 4. The number of benzene rings is 1. The van der Waals surface area contributed by atoms with Crippen molar-refractivity contribution in [2.45, 2.75) is 26.6 Å². The van der Waals surface area contributed by atoms with Crippen LogP contribution in [0, 0.1) is 0 Å². The fourth-order valence-corrected chi connectivity index (χ4v) is 2.41. The number of aryl methyl sites for hydroxylation is 1. The number of imidazole rings is 1. The van der Waals surface area contributed by atoms with Gasteiger partial charge in [0.05, 0.1) is 30.4 Å². The Morgan fingerprint density at radius 3 is 2.86 bits per heavy atom. The Morgan fingerprint density at radius 1 is 1.38 bits per heavy atom. The van der Waals surface area contributed by atoms with Gasteiger partial charge in [-0.2, -0.15) is 0 Å². The lowest BCUT2D eigenvalue weighted by Gasteiger charge is -2.14. The van der Waals surface area contributed by atoms with Crippen molar-refractivity contribution in [3.63, 3.8) is 0 Å². The van der Waals surface area contributed by atoms with Crippen LogP contribution in [0.2, 0.25) is 5.02 Å². The van der Waals surface area contributed by atoms with Crippen LogP contribution in [-0.4, -0.2) is 23.7 Å².